The lowest BCUT2D eigenvalue weighted by atomic mass is 10.0. The number of nitrogens with one attached hydrogen (secondary N) is 1. The average molecular weight is 367 g/mol. The summed E-state index contributed by atoms with van der Waals surface area (Å²) >= 11 is 0. The zero-order valence-corrected chi connectivity index (χ0v) is 15.3. The summed E-state index contributed by atoms with van der Waals surface area (Å²) in [7, 11) is 0. The van der Waals surface area contributed by atoms with Crippen molar-refractivity contribution in [2.45, 2.75) is 37.8 Å². The third-order valence-electron chi connectivity index (χ3n) is 5.15. The van der Waals surface area contributed by atoms with Crippen molar-refractivity contribution in [2.75, 3.05) is 19.7 Å². The third kappa shape index (κ3) is 4.15. The summed E-state index contributed by atoms with van der Waals surface area (Å²) in [6, 6.07) is 11.7. The van der Waals surface area contributed by atoms with Gasteiger partial charge in [-0.15, -0.1) is 0 Å². The van der Waals surface area contributed by atoms with Crippen molar-refractivity contribution in [3.05, 3.63) is 54.4 Å². The predicted octanol–water partition coefficient (Wildman–Crippen LogP) is 3.55. The monoisotopic (exact) mass is 367 g/mol. The van der Waals surface area contributed by atoms with Gasteiger partial charge in [-0.2, -0.15) is 0 Å². The Kier molecular flexibility index (Phi) is 5.42. The second-order valence-electron chi connectivity index (χ2n) is 7.02. The molecule has 2 aliphatic heterocycles. The number of hydrogen-bond acceptors (Lipinski definition) is 4. The Balaban J connectivity index is 1.39. The molecule has 6 heteroatoms. The first-order chi connectivity index (χ1) is 13.3. The normalized spacial score (nSPS) is 22.0. The fourth-order valence-electron chi connectivity index (χ4n) is 3.75. The standard InChI is InChI=1S/C21H25N3O3/c25-21(23-14-17-15-26-19-7-3-4-8-20(19)27-17)24-13-5-1-2-6-18(24)16-9-11-22-12-10-16/h3-4,7-12,17-18H,1-2,5-6,13-15H2,(H,23,25)/t17-,18+/m0/s1. The molecule has 2 aromatic rings. The highest BCUT2D eigenvalue weighted by Gasteiger charge is 2.28. The SMILES string of the molecule is O=C(NC[C@H]1COc2ccccc2O1)N1CCCCC[C@@H]1c1ccncc1. The smallest absolute Gasteiger partial charge is 0.318 e. The fourth-order valence-corrected chi connectivity index (χ4v) is 3.75. The number of fused-ring (bicyclic) bond motifs is 1. The van der Waals surface area contributed by atoms with E-state index in [4.69, 9.17) is 9.47 Å². The van der Waals surface area contributed by atoms with Gasteiger partial charge >= 0.3 is 6.03 Å². The number of hydrogen-bond donors (Lipinski definition) is 1. The van der Waals surface area contributed by atoms with Crippen molar-refractivity contribution in [2.24, 2.45) is 0 Å². The largest absolute Gasteiger partial charge is 0.486 e. The molecule has 1 aromatic heterocycles. The van der Waals surface area contributed by atoms with Crippen molar-refractivity contribution in [3.63, 3.8) is 0 Å². The lowest BCUT2D eigenvalue weighted by Gasteiger charge is -2.32. The number of amides is 2. The Hall–Kier alpha value is -2.76. The zero-order valence-electron chi connectivity index (χ0n) is 15.3. The first-order valence-electron chi connectivity index (χ1n) is 9.64. The minimum absolute atomic E-state index is 0.0406. The van der Waals surface area contributed by atoms with Crippen LogP contribution in [0, 0.1) is 0 Å². The van der Waals surface area contributed by atoms with Crippen LogP contribution >= 0.6 is 0 Å². The van der Waals surface area contributed by atoms with Gasteiger partial charge in [-0.1, -0.05) is 25.0 Å². The Labute approximate surface area is 159 Å². The van der Waals surface area contributed by atoms with Crippen LogP contribution in [0.5, 0.6) is 11.5 Å². The summed E-state index contributed by atoms with van der Waals surface area (Å²) in [5.41, 5.74) is 1.15. The van der Waals surface area contributed by atoms with Crippen LogP contribution in [-0.2, 0) is 0 Å². The van der Waals surface area contributed by atoms with Gasteiger partial charge in [0.25, 0.3) is 0 Å². The van der Waals surface area contributed by atoms with Gasteiger partial charge in [0.1, 0.15) is 6.61 Å². The van der Waals surface area contributed by atoms with Crippen molar-refractivity contribution >= 4 is 6.03 Å². The highest BCUT2D eigenvalue weighted by molar-refractivity contribution is 5.74. The van der Waals surface area contributed by atoms with Crippen LogP contribution in [0.1, 0.15) is 37.3 Å². The van der Waals surface area contributed by atoms with Gasteiger partial charge in [0.05, 0.1) is 12.6 Å². The van der Waals surface area contributed by atoms with Gasteiger partial charge in [-0.25, -0.2) is 4.79 Å². The fraction of sp³-hybridized carbons (Fsp3) is 0.429. The number of pyridine rings is 1. The number of aromatic nitrogens is 1. The summed E-state index contributed by atoms with van der Waals surface area (Å²) < 4.78 is 11.7. The molecular weight excluding hydrogens is 342 g/mol. The number of benzene rings is 1. The van der Waals surface area contributed by atoms with Gasteiger partial charge in [0, 0.05) is 18.9 Å². The highest BCUT2D eigenvalue weighted by atomic mass is 16.6. The Morgan fingerprint density at radius 3 is 2.78 bits per heavy atom. The maximum atomic E-state index is 12.9. The van der Waals surface area contributed by atoms with Crippen molar-refractivity contribution < 1.29 is 14.3 Å². The number of urea groups is 1. The van der Waals surface area contributed by atoms with Crippen LogP contribution in [0.25, 0.3) is 0 Å². The lowest BCUT2D eigenvalue weighted by molar-refractivity contribution is 0.0891. The second-order valence-corrected chi connectivity index (χ2v) is 7.02. The quantitative estimate of drug-likeness (QED) is 0.901. The predicted molar refractivity (Wildman–Crippen MR) is 102 cm³/mol. The van der Waals surface area contributed by atoms with E-state index in [0.29, 0.717) is 13.2 Å². The first-order valence-corrected chi connectivity index (χ1v) is 9.64. The van der Waals surface area contributed by atoms with Gasteiger partial charge < -0.3 is 19.7 Å². The summed E-state index contributed by atoms with van der Waals surface area (Å²) in [4.78, 5) is 19.0. The molecule has 0 aliphatic carbocycles. The molecule has 1 aromatic carbocycles. The van der Waals surface area contributed by atoms with E-state index in [1.165, 1.54) is 0 Å². The van der Waals surface area contributed by atoms with Crippen molar-refractivity contribution in [3.8, 4) is 11.5 Å². The molecule has 2 amide bonds. The van der Waals surface area contributed by atoms with E-state index < -0.39 is 0 Å². The van der Waals surface area contributed by atoms with Gasteiger partial charge in [0.2, 0.25) is 0 Å². The van der Waals surface area contributed by atoms with Gasteiger partial charge in [-0.05, 0) is 42.7 Å². The van der Waals surface area contributed by atoms with E-state index in [1.54, 1.807) is 12.4 Å². The van der Waals surface area contributed by atoms with E-state index >= 15 is 0 Å². The third-order valence-corrected chi connectivity index (χ3v) is 5.15. The number of carbonyl (C=O) groups excluding carboxylic acids is 1. The summed E-state index contributed by atoms with van der Waals surface area (Å²) in [6.45, 7) is 1.63. The van der Waals surface area contributed by atoms with Crippen LogP contribution < -0.4 is 14.8 Å². The minimum atomic E-state index is -0.185. The van der Waals surface area contributed by atoms with E-state index in [1.807, 2.05) is 41.3 Å². The van der Waals surface area contributed by atoms with Crippen LogP contribution in [0.4, 0.5) is 4.79 Å². The van der Waals surface area contributed by atoms with Crippen molar-refractivity contribution in [1.82, 2.24) is 15.2 Å². The molecule has 4 rings (SSSR count). The molecule has 0 radical (unpaired) electrons. The van der Waals surface area contributed by atoms with E-state index in [-0.39, 0.29) is 18.2 Å². The van der Waals surface area contributed by atoms with E-state index in [0.717, 1.165) is 49.3 Å². The maximum Gasteiger partial charge on any atom is 0.318 e. The molecule has 1 N–H and O–H groups in total. The molecule has 3 heterocycles. The number of likely N-dealkylation sites (tertiary alicyclic amines) is 1. The summed E-state index contributed by atoms with van der Waals surface area (Å²) in [6.07, 6.45) is 7.70. The molecule has 6 nitrogen and oxygen atoms in total. The van der Waals surface area contributed by atoms with Crippen LogP contribution in [0.2, 0.25) is 0 Å². The van der Waals surface area contributed by atoms with E-state index in [2.05, 4.69) is 10.3 Å². The number of rotatable bonds is 3. The molecule has 27 heavy (non-hydrogen) atoms. The molecular formula is C21H25N3O3. The summed E-state index contributed by atoms with van der Waals surface area (Å²) in [5.74, 6) is 1.48. The minimum Gasteiger partial charge on any atom is -0.486 e. The Morgan fingerprint density at radius 1 is 1.11 bits per heavy atom. The Bertz CT molecular complexity index is 768. The number of nitrogens with zero attached hydrogens (tertiary/aromatic N) is 2. The second kappa shape index (κ2) is 8.29. The topological polar surface area (TPSA) is 63.7 Å². The van der Waals surface area contributed by atoms with Crippen LogP contribution in [0.3, 0.4) is 0 Å². The maximum absolute atomic E-state index is 12.9. The van der Waals surface area contributed by atoms with Crippen LogP contribution in [-0.4, -0.2) is 41.7 Å². The molecule has 142 valence electrons. The number of carbonyl (C=O) groups is 1. The van der Waals surface area contributed by atoms with Gasteiger partial charge in [-0.3, -0.25) is 4.98 Å². The molecule has 2 atom stereocenters. The molecule has 0 unspecified atom stereocenters. The molecule has 0 spiro atoms. The molecule has 0 bridgehead atoms. The molecule has 1 saturated heterocycles. The number of para-hydroxylation sites is 2. The zero-order chi connectivity index (χ0) is 18.5. The first kappa shape index (κ1) is 17.6. The Morgan fingerprint density at radius 2 is 1.93 bits per heavy atom. The molecule has 1 fully saturated rings. The lowest BCUT2D eigenvalue weighted by Crippen LogP contribution is -2.47. The van der Waals surface area contributed by atoms with E-state index in [9.17, 15) is 4.79 Å². The molecule has 2 aliphatic rings. The highest BCUT2D eigenvalue weighted by Crippen LogP contribution is 2.31. The van der Waals surface area contributed by atoms with Crippen molar-refractivity contribution in [1.29, 1.82) is 0 Å². The van der Waals surface area contributed by atoms with Gasteiger partial charge in [0.15, 0.2) is 17.6 Å². The average Bonchev–Trinajstić information content (AvgIpc) is 2.99. The summed E-state index contributed by atoms with van der Waals surface area (Å²) in [5, 5.41) is 3.05. The number of ether oxygens (including phenoxy) is 2. The van der Waals surface area contributed by atoms with Crippen LogP contribution in [0.15, 0.2) is 48.8 Å². The molecule has 0 saturated carbocycles.